The zero-order valence-corrected chi connectivity index (χ0v) is 12.3. The number of hydrogen-bond donors (Lipinski definition) is 1. The fourth-order valence-corrected chi connectivity index (χ4v) is 3.35. The number of allylic oxidation sites excluding steroid dienone is 1. The highest BCUT2D eigenvalue weighted by atomic mass is 16.2. The van der Waals surface area contributed by atoms with Gasteiger partial charge in [0.2, 0.25) is 0 Å². The first-order valence-corrected chi connectivity index (χ1v) is 7.51. The van der Waals surface area contributed by atoms with E-state index >= 15 is 0 Å². The molecule has 4 nitrogen and oxygen atoms in total. The normalized spacial score (nSPS) is 29.8. The smallest absolute Gasteiger partial charge is 0.314 e. The predicted molar refractivity (Wildman–Crippen MR) is 77.9 cm³/mol. The summed E-state index contributed by atoms with van der Waals surface area (Å²) in [5.41, 5.74) is 6.92. The standard InChI is InChI=1S/C15H27N3O/c1-12-5-3-6-13(2)14(12)11-17-7-4-8-18(10-9-17)15(16)19/h5,13-14H,3-4,6-11H2,1-2H3,(H2,16,19)/t13-,14-/m1/s1. The van der Waals surface area contributed by atoms with Gasteiger partial charge < -0.3 is 15.5 Å². The monoisotopic (exact) mass is 265 g/mol. The molecule has 0 aromatic heterocycles. The van der Waals surface area contributed by atoms with Gasteiger partial charge in [-0.3, -0.25) is 0 Å². The van der Waals surface area contributed by atoms with Crippen molar-refractivity contribution < 1.29 is 4.79 Å². The number of hydrogen-bond acceptors (Lipinski definition) is 2. The van der Waals surface area contributed by atoms with Gasteiger partial charge in [0.25, 0.3) is 0 Å². The molecule has 0 aromatic carbocycles. The van der Waals surface area contributed by atoms with E-state index in [0.717, 1.165) is 45.1 Å². The lowest BCUT2D eigenvalue weighted by molar-refractivity contribution is 0.197. The van der Waals surface area contributed by atoms with Gasteiger partial charge in [0.1, 0.15) is 0 Å². The molecule has 108 valence electrons. The fourth-order valence-electron chi connectivity index (χ4n) is 3.35. The summed E-state index contributed by atoms with van der Waals surface area (Å²) in [5.74, 6) is 1.47. The Bertz CT molecular complexity index is 353. The molecular weight excluding hydrogens is 238 g/mol. The Balaban J connectivity index is 1.90. The van der Waals surface area contributed by atoms with Gasteiger partial charge in [-0.1, -0.05) is 18.6 Å². The second-order valence-corrected chi connectivity index (χ2v) is 6.09. The van der Waals surface area contributed by atoms with Gasteiger partial charge >= 0.3 is 6.03 Å². The van der Waals surface area contributed by atoms with Crippen molar-refractivity contribution in [3.63, 3.8) is 0 Å². The maximum Gasteiger partial charge on any atom is 0.314 e. The van der Waals surface area contributed by atoms with Crippen molar-refractivity contribution in [3.8, 4) is 0 Å². The summed E-state index contributed by atoms with van der Waals surface area (Å²) in [7, 11) is 0. The number of carbonyl (C=O) groups is 1. The van der Waals surface area contributed by atoms with Crippen molar-refractivity contribution in [2.75, 3.05) is 32.7 Å². The Hall–Kier alpha value is -1.03. The lowest BCUT2D eigenvalue weighted by Gasteiger charge is -2.33. The Labute approximate surface area is 116 Å². The molecule has 1 fully saturated rings. The summed E-state index contributed by atoms with van der Waals surface area (Å²) in [6, 6.07) is -0.274. The third-order valence-corrected chi connectivity index (χ3v) is 4.72. The van der Waals surface area contributed by atoms with Crippen LogP contribution in [0.2, 0.25) is 0 Å². The van der Waals surface area contributed by atoms with E-state index < -0.39 is 0 Å². The first-order chi connectivity index (χ1) is 9.08. The van der Waals surface area contributed by atoms with E-state index in [-0.39, 0.29) is 6.03 Å². The second kappa shape index (κ2) is 6.42. The largest absolute Gasteiger partial charge is 0.351 e. The van der Waals surface area contributed by atoms with E-state index in [1.54, 1.807) is 10.5 Å². The van der Waals surface area contributed by atoms with E-state index in [0.29, 0.717) is 5.92 Å². The highest BCUT2D eigenvalue weighted by molar-refractivity contribution is 5.71. The summed E-state index contributed by atoms with van der Waals surface area (Å²) in [6.45, 7) is 9.40. The van der Waals surface area contributed by atoms with Crippen LogP contribution >= 0.6 is 0 Å². The molecule has 1 heterocycles. The Morgan fingerprint density at radius 3 is 2.84 bits per heavy atom. The quantitative estimate of drug-likeness (QED) is 0.777. The molecule has 2 aliphatic rings. The fraction of sp³-hybridized carbons (Fsp3) is 0.800. The topological polar surface area (TPSA) is 49.6 Å². The highest BCUT2D eigenvalue weighted by Gasteiger charge is 2.25. The van der Waals surface area contributed by atoms with Gasteiger partial charge in [-0.15, -0.1) is 0 Å². The first kappa shape index (κ1) is 14.4. The van der Waals surface area contributed by atoms with Crippen molar-refractivity contribution >= 4 is 6.03 Å². The third-order valence-electron chi connectivity index (χ3n) is 4.72. The summed E-state index contributed by atoms with van der Waals surface area (Å²) in [5, 5.41) is 0. The molecule has 0 aromatic rings. The van der Waals surface area contributed by atoms with E-state index in [2.05, 4.69) is 24.8 Å². The van der Waals surface area contributed by atoms with Gasteiger partial charge in [-0.25, -0.2) is 4.79 Å². The summed E-state index contributed by atoms with van der Waals surface area (Å²) in [4.78, 5) is 15.5. The van der Waals surface area contributed by atoms with Crippen LogP contribution in [-0.2, 0) is 0 Å². The second-order valence-electron chi connectivity index (χ2n) is 6.09. The highest BCUT2D eigenvalue weighted by Crippen LogP contribution is 2.30. The molecule has 1 aliphatic heterocycles. The number of primary amides is 1. The molecule has 0 bridgehead atoms. The molecule has 4 heteroatoms. The number of amides is 2. The van der Waals surface area contributed by atoms with Crippen LogP contribution in [-0.4, -0.2) is 48.6 Å². The average Bonchev–Trinajstić information content (AvgIpc) is 2.59. The van der Waals surface area contributed by atoms with Gasteiger partial charge in [0.05, 0.1) is 0 Å². The van der Waals surface area contributed by atoms with Crippen LogP contribution in [0.1, 0.15) is 33.1 Å². The summed E-state index contributed by atoms with van der Waals surface area (Å²) >= 11 is 0. The molecule has 2 N–H and O–H groups in total. The molecular formula is C15H27N3O. The molecule has 0 radical (unpaired) electrons. The van der Waals surface area contributed by atoms with Crippen LogP contribution < -0.4 is 5.73 Å². The van der Waals surface area contributed by atoms with Crippen molar-refractivity contribution in [3.05, 3.63) is 11.6 Å². The van der Waals surface area contributed by atoms with Crippen LogP contribution in [0.4, 0.5) is 4.79 Å². The summed E-state index contributed by atoms with van der Waals surface area (Å²) < 4.78 is 0. The minimum absolute atomic E-state index is 0.274. The molecule has 2 amide bonds. The van der Waals surface area contributed by atoms with Crippen molar-refractivity contribution in [2.24, 2.45) is 17.6 Å². The number of nitrogens with two attached hydrogens (primary N) is 1. The van der Waals surface area contributed by atoms with E-state index in [1.807, 2.05) is 0 Å². The number of carbonyl (C=O) groups excluding carboxylic acids is 1. The molecule has 0 spiro atoms. The van der Waals surface area contributed by atoms with E-state index in [4.69, 9.17) is 5.73 Å². The van der Waals surface area contributed by atoms with Gasteiger partial charge in [0, 0.05) is 26.2 Å². The Morgan fingerprint density at radius 2 is 2.16 bits per heavy atom. The van der Waals surface area contributed by atoms with Crippen molar-refractivity contribution in [1.82, 2.24) is 9.80 Å². The third kappa shape index (κ3) is 3.72. The molecule has 2 atom stereocenters. The molecule has 0 saturated carbocycles. The number of nitrogens with zero attached hydrogens (tertiary/aromatic N) is 2. The van der Waals surface area contributed by atoms with Crippen LogP contribution in [0.3, 0.4) is 0 Å². The first-order valence-electron chi connectivity index (χ1n) is 7.51. The molecule has 1 aliphatic carbocycles. The van der Waals surface area contributed by atoms with Crippen molar-refractivity contribution in [2.45, 2.75) is 33.1 Å². The molecule has 19 heavy (non-hydrogen) atoms. The Kier molecular flexibility index (Phi) is 4.86. The number of rotatable bonds is 2. The van der Waals surface area contributed by atoms with Crippen LogP contribution in [0.25, 0.3) is 0 Å². The zero-order valence-electron chi connectivity index (χ0n) is 12.3. The SMILES string of the molecule is CC1=CCC[C@@H](C)[C@@H]1CN1CCCN(C(N)=O)CC1. The lowest BCUT2D eigenvalue weighted by atomic mass is 9.80. The summed E-state index contributed by atoms with van der Waals surface area (Å²) in [6.07, 6.45) is 5.98. The maximum absolute atomic E-state index is 11.2. The number of urea groups is 1. The van der Waals surface area contributed by atoms with Gasteiger partial charge in [-0.05, 0) is 44.6 Å². The minimum Gasteiger partial charge on any atom is -0.351 e. The van der Waals surface area contributed by atoms with Crippen molar-refractivity contribution in [1.29, 1.82) is 0 Å². The van der Waals surface area contributed by atoms with E-state index in [9.17, 15) is 4.79 Å². The van der Waals surface area contributed by atoms with E-state index in [1.165, 1.54) is 12.8 Å². The molecule has 0 unspecified atom stereocenters. The predicted octanol–water partition coefficient (Wildman–Crippen LogP) is 2.07. The molecule has 2 rings (SSSR count). The average molecular weight is 265 g/mol. The lowest BCUT2D eigenvalue weighted by Crippen LogP contribution is -2.40. The molecule has 1 saturated heterocycles. The van der Waals surface area contributed by atoms with Crippen LogP contribution in [0.15, 0.2) is 11.6 Å². The zero-order chi connectivity index (χ0) is 13.8. The minimum atomic E-state index is -0.274. The Morgan fingerprint density at radius 1 is 1.37 bits per heavy atom. The van der Waals surface area contributed by atoms with Gasteiger partial charge in [-0.2, -0.15) is 0 Å². The maximum atomic E-state index is 11.2. The van der Waals surface area contributed by atoms with Crippen LogP contribution in [0.5, 0.6) is 0 Å². The van der Waals surface area contributed by atoms with Gasteiger partial charge in [0.15, 0.2) is 0 Å². The van der Waals surface area contributed by atoms with Crippen LogP contribution in [0, 0.1) is 11.8 Å².